The van der Waals surface area contributed by atoms with E-state index in [9.17, 15) is 4.79 Å². The van der Waals surface area contributed by atoms with E-state index in [-0.39, 0.29) is 5.91 Å². The van der Waals surface area contributed by atoms with Gasteiger partial charge in [-0.05, 0) is 35.4 Å². The minimum absolute atomic E-state index is 0.0978. The summed E-state index contributed by atoms with van der Waals surface area (Å²) in [7, 11) is 1.66. The zero-order valence-corrected chi connectivity index (χ0v) is 13.5. The van der Waals surface area contributed by atoms with Crippen molar-refractivity contribution < 1.29 is 9.53 Å². The van der Waals surface area contributed by atoms with E-state index in [0.717, 1.165) is 16.8 Å². The fourth-order valence-corrected chi connectivity index (χ4v) is 2.50. The van der Waals surface area contributed by atoms with Crippen molar-refractivity contribution in [3.05, 3.63) is 83.9 Å². The molecule has 0 aliphatic carbocycles. The minimum atomic E-state index is -0.0978. The average Bonchev–Trinajstić information content (AvgIpc) is 3.16. The topological polar surface area (TPSA) is 56.1 Å². The van der Waals surface area contributed by atoms with Crippen LogP contribution in [-0.4, -0.2) is 22.6 Å². The standard InChI is InChI=1S/C19H19N3O2/c1-24-13-17-5-3-2-4-16(17)12-21-19(23)15-6-8-18(9-7-15)22-11-10-20-14-22/h2-11,14H,12-13H2,1H3,(H,21,23). The predicted octanol–water partition coefficient (Wildman–Crippen LogP) is 2.95. The lowest BCUT2D eigenvalue weighted by atomic mass is 10.1. The first kappa shape index (κ1) is 16.0. The second-order valence-electron chi connectivity index (χ2n) is 5.40. The quantitative estimate of drug-likeness (QED) is 0.759. The highest BCUT2D eigenvalue weighted by Gasteiger charge is 2.07. The molecule has 1 amide bonds. The number of rotatable bonds is 6. The normalized spacial score (nSPS) is 10.5. The molecule has 5 nitrogen and oxygen atoms in total. The van der Waals surface area contributed by atoms with Crippen molar-refractivity contribution in [2.24, 2.45) is 0 Å². The highest BCUT2D eigenvalue weighted by molar-refractivity contribution is 5.94. The van der Waals surface area contributed by atoms with Crippen LogP contribution in [0.25, 0.3) is 5.69 Å². The number of methoxy groups -OCH3 is 1. The van der Waals surface area contributed by atoms with Crippen LogP contribution in [0, 0.1) is 0 Å². The summed E-state index contributed by atoms with van der Waals surface area (Å²) in [5.41, 5.74) is 3.73. The fraction of sp³-hybridized carbons (Fsp3) is 0.158. The molecule has 1 N–H and O–H groups in total. The molecule has 1 aromatic heterocycles. The molecule has 0 radical (unpaired) electrons. The van der Waals surface area contributed by atoms with Gasteiger partial charge in [-0.25, -0.2) is 4.98 Å². The number of nitrogens with one attached hydrogen (secondary N) is 1. The molecule has 5 heteroatoms. The smallest absolute Gasteiger partial charge is 0.251 e. The summed E-state index contributed by atoms with van der Waals surface area (Å²) in [6.07, 6.45) is 5.31. The van der Waals surface area contributed by atoms with Crippen molar-refractivity contribution in [1.82, 2.24) is 14.9 Å². The number of ether oxygens (including phenoxy) is 1. The Morgan fingerprint density at radius 2 is 1.88 bits per heavy atom. The van der Waals surface area contributed by atoms with Crippen LogP contribution in [0.15, 0.2) is 67.3 Å². The predicted molar refractivity (Wildman–Crippen MR) is 91.9 cm³/mol. The Labute approximate surface area is 140 Å². The number of benzene rings is 2. The molecule has 0 aliphatic rings. The third kappa shape index (κ3) is 3.70. The summed E-state index contributed by atoms with van der Waals surface area (Å²) in [5, 5.41) is 2.95. The molecule has 0 aliphatic heterocycles. The number of hydrogen-bond donors (Lipinski definition) is 1. The summed E-state index contributed by atoms with van der Waals surface area (Å²) < 4.78 is 7.08. The van der Waals surface area contributed by atoms with Gasteiger partial charge in [0.2, 0.25) is 0 Å². The lowest BCUT2D eigenvalue weighted by molar-refractivity contribution is 0.0950. The zero-order chi connectivity index (χ0) is 16.8. The molecule has 0 spiro atoms. The summed E-state index contributed by atoms with van der Waals surface area (Å²) in [4.78, 5) is 16.3. The summed E-state index contributed by atoms with van der Waals surface area (Å²) in [5.74, 6) is -0.0978. The van der Waals surface area contributed by atoms with Crippen LogP contribution in [0.3, 0.4) is 0 Å². The molecule has 0 bridgehead atoms. The van der Waals surface area contributed by atoms with Crippen molar-refractivity contribution in [2.45, 2.75) is 13.2 Å². The van der Waals surface area contributed by atoms with Crippen LogP contribution < -0.4 is 5.32 Å². The fourth-order valence-electron chi connectivity index (χ4n) is 2.50. The van der Waals surface area contributed by atoms with Crippen LogP contribution in [-0.2, 0) is 17.9 Å². The Kier molecular flexibility index (Phi) is 5.03. The second kappa shape index (κ2) is 7.57. The van der Waals surface area contributed by atoms with E-state index in [2.05, 4.69) is 10.3 Å². The molecular weight excluding hydrogens is 302 g/mol. The Morgan fingerprint density at radius 1 is 1.12 bits per heavy atom. The molecule has 3 rings (SSSR count). The molecular formula is C19H19N3O2. The molecule has 0 atom stereocenters. The highest BCUT2D eigenvalue weighted by atomic mass is 16.5. The van der Waals surface area contributed by atoms with E-state index in [1.54, 1.807) is 19.6 Å². The first-order valence-electron chi connectivity index (χ1n) is 7.70. The summed E-state index contributed by atoms with van der Waals surface area (Å²) in [6.45, 7) is 1.01. The van der Waals surface area contributed by atoms with Gasteiger partial charge in [0.15, 0.2) is 0 Å². The maximum absolute atomic E-state index is 12.3. The molecule has 2 aromatic carbocycles. The van der Waals surface area contributed by atoms with Crippen molar-refractivity contribution in [3.8, 4) is 5.69 Å². The summed E-state index contributed by atoms with van der Waals surface area (Å²) >= 11 is 0. The Balaban J connectivity index is 1.65. The minimum Gasteiger partial charge on any atom is -0.380 e. The third-order valence-electron chi connectivity index (χ3n) is 3.79. The van der Waals surface area contributed by atoms with Crippen molar-refractivity contribution in [3.63, 3.8) is 0 Å². The lowest BCUT2D eigenvalue weighted by Crippen LogP contribution is -2.23. The lowest BCUT2D eigenvalue weighted by Gasteiger charge is -2.10. The van der Waals surface area contributed by atoms with Gasteiger partial charge in [0, 0.05) is 37.3 Å². The molecule has 0 fully saturated rings. The van der Waals surface area contributed by atoms with Crippen LogP contribution in [0.4, 0.5) is 0 Å². The zero-order valence-electron chi connectivity index (χ0n) is 13.5. The van der Waals surface area contributed by atoms with E-state index in [0.29, 0.717) is 18.7 Å². The number of hydrogen-bond acceptors (Lipinski definition) is 3. The average molecular weight is 321 g/mol. The van der Waals surface area contributed by atoms with E-state index >= 15 is 0 Å². The number of imidazole rings is 1. The number of nitrogens with zero attached hydrogens (tertiary/aromatic N) is 2. The van der Waals surface area contributed by atoms with Crippen LogP contribution in [0.5, 0.6) is 0 Å². The van der Waals surface area contributed by atoms with Crippen LogP contribution in [0.1, 0.15) is 21.5 Å². The Morgan fingerprint density at radius 3 is 2.54 bits per heavy atom. The monoisotopic (exact) mass is 321 g/mol. The van der Waals surface area contributed by atoms with Gasteiger partial charge in [0.05, 0.1) is 12.9 Å². The Bertz CT molecular complexity index is 796. The van der Waals surface area contributed by atoms with Gasteiger partial charge in [0.25, 0.3) is 5.91 Å². The highest BCUT2D eigenvalue weighted by Crippen LogP contribution is 2.12. The van der Waals surface area contributed by atoms with Crippen LogP contribution in [0.2, 0.25) is 0 Å². The SMILES string of the molecule is COCc1ccccc1CNC(=O)c1ccc(-n2ccnc2)cc1. The van der Waals surface area contributed by atoms with Gasteiger partial charge in [-0.1, -0.05) is 24.3 Å². The van der Waals surface area contributed by atoms with Gasteiger partial charge in [-0.2, -0.15) is 0 Å². The summed E-state index contributed by atoms with van der Waals surface area (Å²) in [6, 6.07) is 15.3. The first-order valence-corrected chi connectivity index (χ1v) is 7.70. The van der Waals surface area contributed by atoms with Crippen molar-refractivity contribution >= 4 is 5.91 Å². The van der Waals surface area contributed by atoms with Crippen LogP contribution >= 0.6 is 0 Å². The molecule has 24 heavy (non-hydrogen) atoms. The van der Waals surface area contributed by atoms with Gasteiger partial charge >= 0.3 is 0 Å². The van der Waals surface area contributed by atoms with E-state index in [1.165, 1.54) is 0 Å². The molecule has 1 heterocycles. The second-order valence-corrected chi connectivity index (χ2v) is 5.40. The van der Waals surface area contributed by atoms with Crippen molar-refractivity contribution in [1.29, 1.82) is 0 Å². The number of amides is 1. The molecule has 122 valence electrons. The van der Waals surface area contributed by atoms with E-state index in [4.69, 9.17) is 4.74 Å². The van der Waals surface area contributed by atoms with E-state index < -0.39 is 0 Å². The number of carbonyl (C=O) groups is 1. The third-order valence-corrected chi connectivity index (χ3v) is 3.79. The number of aromatic nitrogens is 2. The molecule has 3 aromatic rings. The van der Waals surface area contributed by atoms with E-state index in [1.807, 2.05) is 59.3 Å². The largest absolute Gasteiger partial charge is 0.380 e. The first-order chi connectivity index (χ1) is 11.8. The number of carbonyl (C=O) groups excluding carboxylic acids is 1. The van der Waals surface area contributed by atoms with Gasteiger partial charge in [-0.3, -0.25) is 4.79 Å². The van der Waals surface area contributed by atoms with Gasteiger partial charge in [0.1, 0.15) is 0 Å². The molecule has 0 saturated carbocycles. The van der Waals surface area contributed by atoms with Gasteiger partial charge in [-0.15, -0.1) is 0 Å². The molecule has 0 unspecified atom stereocenters. The maximum Gasteiger partial charge on any atom is 0.251 e. The maximum atomic E-state index is 12.3. The van der Waals surface area contributed by atoms with Gasteiger partial charge < -0.3 is 14.6 Å². The Hall–Kier alpha value is -2.92. The molecule has 0 saturated heterocycles. The van der Waals surface area contributed by atoms with Crippen molar-refractivity contribution in [2.75, 3.05) is 7.11 Å².